The lowest BCUT2D eigenvalue weighted by Gasteiger charge is -2.30. The van der Waals surface area contributed by atoms with Crippen LogP contribution in [-0.4, -0.2) is 42.3 Å². The van der Waals surface area contributed by atoms with Crippen molar-refractivity contribution in [1.29, 1.82) is 0 Å². The summed E-state index contributed by atoms with van der Waals surface area (Å²) in [5, 5.41) is 6.17. The van der Waals surface area contributed by atoms with Gasteiger partial charge in [0.2, 0.25) is 5.88 Å². The molecule has 0 saturated carbocycles. The maximum Gasteiger partial charge on any atom is 0.422 e. The minimum absolute atomic E-state index is 0. The van der Waals surface area contributed by atoms with Crippen LogP contribution in [0.2, 0.25) is 0 Å². The van der Waals surface area contributed by atoms with Gasteiger partial charge < -0.3 is 15.4 Å². The van der Waals surface area contributed by atoms with Gasteiger partial charge in [0.25, 0.3) is 5.91 Å². The zero-order valence-electron chi connectivity index (χ0n) is 12.5. The van der Waals surface area contributed by atoms with E-state index in [-0.39, 0.29) is 41.8 Å². The number of aromatic nitrogens is 1. The number of carbonyl (C=O) groups excluding carboxylic acids is 1. The highest BCUT2D eigenvalue weighted by atomic mass is 35.5. The number of carbonyl (C=O) groups is 1. The van der Waals surface area contributed by atoms with E-state index in [9.17, 15) is 18.0 Å². The number of piperidine rings is 1. The Morgan fingerprint density at radius 2 is 2.22 bits per heavy atom. The second-order valence-electron chi connectivity index (χ2n) is 5.25. The minimum atomic E-state index is -4.41. The third-order valence-corrected chi connectivity index (χ3v) is 3.46. The summed E-state index contributed by atoms with van der Waals surface area (Å²) in [6.45, 7) is 1.52. The summed E-state index contributed by atoms with van der Waals surface area (Å²) in [6, 6.07) is 2.86. The summed E-state index contributed by atoms with van der Waals surface area (Å²) in [7, 11) is 0. The van der Waals surface area contributed by atoms with Crippen LogP contribution in [0.25, 0.3) is 0 Å². The molecule has 1 amide bonds. The molecule has 0 bridgehead atoms. The first kappa shape index (κ1) is 19.5. The van der Waals surface area contributed by atoms with Gasteiger partial charge in [0.05, 0.1) is 5.56 Å². The van der Waals surface area contributed by atoms with E-state index in [1.165, 1.54) is 18.3 Å². The number of pyridine rings is 1. The van der Waals surface area contributed by atoms with Crippen molar-refractivity contribution in [2.24, 2.45) is 0 Å². The summed E-state index contributed by atoms with van der Waals surface area (Å²) >= 11 is 0. The fourth-order valence-electron chi connectivity index (χ4n) is 2.25. The predicted octanol–water partition coefficient (Wildman–Crippen LogP) is 2.31. The van der Waals surface area contributed by atoms with Crippen molar-refractivity contribution >= 4 is 18.3 Å². The molecule has 2 heterocycles. The molecule has 1 aromatic heterocycles. The van der Waals surface area contributed by atoms with E-state index >= 15 is 0 Å². The van der Waals surface area contributed by atoms with E-state index in [0.717, 1.165) is 19.4 Å². The Morgan fingerprint density at radius 1 is 1.48 bits per heavy atom. The van der Waals surface area contributed by atoms with Crippen LogP contribution in [0.5, 0.6) is 5.88 Å². The SMILES string of the molecule is CC1NCCCC1NC(=O)c1ccc(OCC(F)(F)F)nc1.Cl. The van der Waals surface area contributed by atoms with Gasteiger partial charge in [-0.2, -0.15) is 13.2 Å². The quantitative estimate of drug-likeness (QED) is 0.872. The molecule has 1 aliphatic rings. The maximum absolute atomic E-state index is 12.1. The fraction of sp³-hybridized carbons (Fsp3) is 0.571. The van der Waals surface area contributed by atoms with Crippen LogP contribution < -0.4 is 15.4 Å². The summed E-state index contributed by atoms with van der Waals surface area (Å²) < 4.78 is 40.6. The summed E-state index contributed by atoms with van der Waals surface area (Å²) in [5.74, 6) is -0.461. The normalized spacial score (nSPS) is 21.2. The van der Waals surface area contributed by atoms with Crippen LogP contribution in [0.15, 0.2) is 18.3 Å². The van der Waals surface area contributed by atoms with Gasteiger partial charge in [-0.1, -0.05) is 0 Å². The number of amides is 1. The second kappa shape index (κ2) is 8.35. The molecular formula is C14H19ClF3N3O2. The Kier molecular flexibility index (Phi) is 7.08. The number of rotatable bonds is 4. The molecule has 1 aromatic rings. The van der Waals surface area contributed by atoms with Gasteiger partial charge in [0, 0.05) is 24.3 Å². The Labute approximate surface area is 138 Å². The van der Waals surface area contributed by atoms with Gasteiger partial charge in [0.15, 0.2) is 6.61 Å². The number of hydrogen-bond donors (Lipinski definition) is 2. The number of nitrogens with zero attached hydrogens (tertiary/aromatic N) is 1. The topological polar surface area (TPSA) is 63.2 Å². The van der Waals surface area contributed by atoms with Crippen LogP contribution >= 0.6 is 12.4 Å². The van der Waals surface area contributed by atoms with Gasteiger partial charge in [0.1, 0.15) is 0 Å². The Bertz CT molecular complexity index is 511. The lowest BCUT2D eigenvalue weighted by Crippen LogP contribution is -2.51. The van der Waals surface area contributed by atoms with E-state index in [1.807, 2.05) is 6.92 Å². The van der Waals surface area contributed by atoms with Crippen molar-refractivity contribution in [2.75, 3.05) is 13.2 Å². The zero-order valence-corrected chi connectivity index (χ0v) is 13.3. The molecule has 2 atom stereocenters. The van der Waals surface area contributed by atoms with Crippen molar-refractivity contribution in [3.05, 3.63) is 23.9 Å². The largest absolute Gasteiger partial charge is 0.468 e. The van der Waals surface area contributed by atoms with Gasteiger partial charge in [-0.15, -0.1) is 12.4 Å². The van der Waals surface area contributed by atoms with Crippen LogP contribution in [-0.2, 0) is 0 Å². The minimum Gasteiger partial charge on any atom is -0.468 e. The molecule has 2 unspecified atom stereocenters. The van der Waals surface area contributed by atoms with Gasteiger partial charge in [-0.25, -0.2) is 4.98 Å². The maximum atomic E-state index is 12.1. The number of nitrogens with one attached hydrogen (secondary N) is 2. The monoisotopic (exact) mass is 353 g/mol. The number of halogens is 4. The molecule has 5 nitrogen and oxygen atoms in total. The smallest absolute Gasteiger partial charge is 0.422 e. The second-order valence-corrected chi connectivity index (χ2v) is 5.25. The fourth-order valence-corrected chi connectivity index (χ4v) is 2.25. The summed E-state index contributed by atoms with van der Waals surface area (Å²) in [6.07, 6.45) is -1.33. The van der Waals surface area contributed by atoms with Crippen LogP contribution in [0.3, 0.4) is 0 Å². The van der Waals surface area contributed by atoms with Gasteiger partial charge in [-0.05, 0) is 32.4 Å². The van der Waals surface area contributed by atoms with Crippen molar-refractivity contribution in [3.63, 3.8) is 0 Å². The summed E-state index contributed by atoms with van der Waals surface area (Å²) in [4.78, 5) is 15.8. The van der Waals surface area contributed by atoms with Crippen LogP contribution in [0.1, 0.15) is 30.1 Å². The molecule has 0 spiro atoms. The number of hydrogen-bond acceptors (Lipinski definition) is 4. The lowest BCUT2D eigenvalue weighted by atomic mass is 9.99. The van der Waals surface area contributed by atoms with Gasteiger partial charge in [-0.3, -0.25) is 4.79 Å². The Morgan fingerprint density at radius 3 is 2.78 bits per heavy atom. The lowest BCUT2D eigenvalue weighted by molar-refractivity contribution is -0.154. The zero-order chi connectivity index (χ0) is 16.2. The number of alkyl halides is 3. The first-order valence-electron chi connectivity index (χ1n) is 7.05. The molecule has 0 radical (unpaired) electrons. The molecule has 1 fully saturated rings. The molecule has 2 N–H and O–H groups in total. The van der Waals surface area contributed by atoms with E-state index in [2.05, 4.69) is 20.4 Å². The first-order valence-corrected chi connectivity index (χ1v) is 7.05. The van der Waals surface area contributed by atoms with Crippen LogP contribution in [0.4, 0.5) is 13.2 Å². The predicted molar refractivity (Wildman–Crippen MR) is 81.0 cm³/mol. The Hall–Kier alpha value is -1.54. The molecule has 2 rings (SSSR count). The molecule has 130 valence electrons. The molecule has 9 heteroatoms. The average molecular weight is 354 g/mol. The molecule has 1 aliphatic heterocycles. The van der Waals surface area contributed by atoms with Crippen molar-refractivity contribution in [3.8, 4) is 5.88 Å². The van der Waals surface area contributed by atoms with Crippen LogP contribution in [0, 0.1) is 0 Å². The molecule has 0 aliphatic carbocycles. The van der Waals surface area contributed by atoms with E-state index in [4.69, 9.17) is 0 Å². The number of ether oxygens (including phenoxy) is 1. The van der Waals surface area contributed by atoms with E-state index < -0.39 is 12.8 Å². The highest BCUT2D eigenvalue weighted by Gasteiger charge is 2.28. The van der Waals surface area contributed by atoms with Gasteiger partial charge >= 0.3 is 6.18 Å². The molecule has 1 saturated heterocycles. The van der Waals surface area contributed by atoms with Crippen molar-refractivity contribution < 1.29 is 22.7 Å². The molecular weight excluding hydrogens is 335 g/mol. The first-order chi connectivity index (χ1) is 10.3. The molecule has 0 aromatic carbocycles. The van der Waals surface area contributed by atoms with E-state index in [1.54, 1.807) is 0 Å². The van der Waals surface area contributed by atoms with E-state index in [0.29, 0.717) is 0 Å². The molecule has 23 heavy (non-hydrogen) atoms. The highest BCUT2D eigenvalue weighted by molar-refractivity contribution is 5.94. The third kappa shape index (κ3) is 6.23. The van der Waals surface area contributed by atoms with Crippen molar-refractivity contribution in [2.45, 2.75) is 38.0 Å². The third-order valence-electron chi connectivity index (χ3n) is 3.46. The highest BCUT2D eigenvalue weighted by Crippen LogP contribution is 2.17. The summed E-state index contributed by atoms with van der Waals surface area (Å²) in [5.41, 5.74) is 0.289. The van der Waals surface area contributed by atoms with Crippen molar-refractivity contribution in [1.82, 2.24) is 15.6 Å². The average Bonchev–Trinajstić information content (AvgIpc) is 2.47. The standard InChI is InChI=1S/C14H18F3N3O2.ClH/c1-9-11(3-2-6-18-9)20-13(21)10-4-5-12(19-7-10)22-8-14(15,16)17;/h4-5,7,9,11,18H,2-3,6,8H2,1H3,(H,20,21);1H. The Balaban J connectivity index is 0.00000264.